The Hall–Kier alpha value is -0.120. The van der Waals surface area contributed by atoms with Crippen LogP contribution in [0.2, 0.25) is 0 Å². The average Bonchev–Trinajstić information content (AvgIpc) is 2.38. The van der Waals surface area contributed by atoms with Gasteiger partial charge in [-0.05, 0) is 25.7 Å². The van der Waals surface area contributed by atoms with Crippen molar-refractivity contribution in [2.45, 2.75) is 65.1 Å². The van der Waals surface area contributed by atoms with Gasteiger partial charge in [0.1, 0.15) is 0 Å². The van der Waals surface area contributed by atoms with Gasteiger partial charge in [-0.1, -0.05) is 27.7 Å². The molecule has 0 aromatic rings. The number of nitrogens with zero attached hydrogens (tertiary/aromatic N) is 1. The monoisotopic (exact) mass is 256 g/mol. The molecule has 0 aromatic carbocycles. The molecule has 0 bridgehead atoms. The summed E-state index contributed by atoms with van der Waals surface area (Å²) in [6.45, 7) is 14.6. The van der Waals surface area contributed by atoms with E-state index in [0.717, 1.165) is 19.7 Å². The summed E-state index contributed by atoms with van der Waals surface area (Å²) in [5.41, 5.74) is 0.309. The lowest BCUT2D eigenvalue weighted by atomic mass is 9.84. The largest absolute Gasteiger partial charge is 0.383 e. The zero-order chi connectivity index (χ0) is 13.8. The van der Waals surface area contributed by atoms with Gasteiger partial charge >= 0.3 is 0 Å². The van der Waals surface area contributed by atoms with Crippen molar-refractivity contribution in [2.24, 2.45) is 5.92 Å². The lowest BCUT2D eigenvalue weighted by Crippen LogP contribution is -2.67. The Labute approximate surface area is 113 Å². The summed E-state index contributed by atoms with van der Waals surface area (Å²) < 4.78 is 5.37. The Morgan fingerprint density at radius 1 is 1.28 bits per heavy atom. The smallest absolute Gasteiger partial charge is 0.0615 e. The van der Waals surface area contributed by atoms with Crippen molar-refractivity contribution >= 4 is 0 Å². The van der Waals surface area contributed by atoms with E-state index in [1.807, 2.05) is 0 Å². The van der Waals surface area contributed by atoms with E-state index in [9.17, 15) is 0 Å². The number of ether oxygens (including phenoxy) is 1. The van der Waals surface area contributed by atoms with Crippen LogP contribution in [0.1, 0.15) is 47.5 Å². The third-order valence-electron chi connectivity index (χ3n) is 4.76. The van der Waals surface area contributed by atoms with E-state index in [1.54, 1.807) is 7.11 Å². The zero-order valence-corrected chi connectivity index (χ0v) is 13.1. The van der Waals surface area contributed by atoms with Crippen molar-refractivity contribution in [3.05, 3.63) is 0 Å². The molecule has 3 heteroatoms. The van der Waals surface area contributed by atoms with Gasteiger partial charge in [-0.25, -0.2) is 0 Å². The summed E-state index contributed by atoms with van der Waals surface area (Å²) in [5.74, 6) is 0.689. The van der Waals surface area contributed by atoms with E-state index in [0.29, 0.717) is 23.5 Å². The molecule has 1 N–H and O–H groups in total. The van der Waals surface area contributed by atoms with Gasteiger partial charge in [-0.15, -0.1) is 0 Å². The lowest BCUT2D eigenvalue weighted by molar-refractivity contribution is -0.0295. The molecule has 2 atom stereocenters. The molecule has 1 rings (SSSR count). The predicted octanol–water partition coefficient (Wildman–Crippen LogP) is 2.51. The second kappa shape index (κ2) is 6.88. The van der Waals surface area contributed by atoms with E-state index in [2.05, 4.69) is 44.8 Å². The Morgan fingerprint density at radius 2 is 1.89 bits per heavy atom. The summed E-state index contributed by atoms with van der Waals surface area (Å²) in [6, 6.07) is 1.11. The average molecular weight is 256 g/mol. The van der Waals surface area contributed by atoms with Crippen molar-refractivity contribution in [1.82, 2.24) is 10.2 Å². The van der Waals surface area contributed by atoms with Gasteiger partial charge < -0.3 is 10.1 Å². The number of rotatable bonds is 6. The summed E-state index contributed by atoms with van der Waals surface area (Å²) in [5, 5.41) is 3.76. The molecule has 0 saturated carbocycles. The maximum Gasteiger partial charge on any atom is 0.0615 e. The minimum absolute atomic E-state index is 0.309. The quantitative estimate of drug-likeness (QED) is 0.790. The molecule has 0 amide bonds. The van der Waals surface area contributed by atoms with E-state index >= 15 is 0 Å². The molecule has 2 unspecified atom stereocenters. The van der Waals surface area contributed by atoms with E-state index < -0.39 is 0 Å². The standard InChI is InChI=1S/C15H32N2O/c1-7-15(8-2)11-16-14(12(3)4)9-17(15)13(5)10-18-6/h12-14,16H,7-11H2,1-6H3. The van der Waals surface area contributed by atoms with Gasteiger partial charge in [-0.2, -0.15) is 0 Å². The van der Waals surface area contributed by atoms with Gasteiger partial charge in [0, 0.05) is 37.8 Å². The van der Waals surface area contributed by atoms with Gasteiger partial charge in [0.15, 0.2) is 0 Å². The van der Waals surface area contributed by atoms with Crippen LogP contribution in [0, 0.1) is 5.92 Å². The second-order valence-corrected chi connectivity index (χ2v) is 6.12. The third kappa shape index (κ3) is 3.25. The number of piperazine rings is 1. The van der Waals surface area contributed by atoms with Gasteiger partial charge in [0.25, 0.3) is 0 Å². The molecule has 108 valence electrons. The number of hydrogen-bond acceptors (Lipinski definition) is 3. The van der Waals surface area contributed by atoms with Crippen molar-refractivity contribution in [1.29, 1.82) is 0 Å². The zero-order valence-electron chi connectivity index (χ0n) is 13.1. The van der Waals surface area contributed by atoms with Crippen LogP contribution in [0.25, 0.3) is 0 Å². The molecule has 0 aliphatic carbocycles. The molecule has 1 aliphatic heterocycles. The normalized spacial score (nSPS) is 26.5. The van der Waals surface area contributed by atoms with Gasteiger partial charge in [0.2, 0.25) is 0 Å². The van der Waals surface area contributed by atoms with Crippen molar-refractivity contribution in [2.75, 3.05) is 26.8 Å². The molecular formula is C15H32N2O. The highest BCUT2D eigenvalue weighted by Gasteiger charge is 2.41. The van der Waals surface area contributed by atoms with Crippen LogP contribution in [-0.4, -0.2) is 49.3 Å². The fraction of sp³-hybridized carbons (Fsp3) is 1.00. The Balaban J connectivity index is 2.85. The second-order valence-electron chi connectivity index (χ2n) is 6.12. The van der Waals surface area contributed by atoms with Crippen molar-refractivity contribution in [3.8, 4) is 0 Å². The molecule has 18 heavy (non-hydrogen) atoms. The maximum atomic E-state index is 5.37. The Morgan fingerprint density at radius 3 is 2.33 bits per heavy atom. The summed E-state index contributed by atoms with van der Waals surface area (Å²) in [6.07, 6.45) is 2.41. The highest BCUT2D eigenvalue weighted by Crippen LogP contribution is 2.30. The minimum Gasteiger partial charge on any atom is -0.383 e. The van der Waals surface area contributed by atoms with Crippen LogP contribution < -0.4 is 5.32 Å². The molecular weight excluding hydrogens is 224 g/mol. The first-order valence-electron chi connectivity index (χ1n) is 7.49. The molecule has 1 saturated heterocycles. The summed E-state index contributed by atoms with van der Waals surface area (Å²) >= 11 is 0. The SMILES string of the molecule is CCC1(CC)CNC(C(C)C)CN1C(C)COC. The molecule has 3 nitrogen and oxygen atoms in total. The number of hydrogen-bond donors (Lipinski definition) is 1. The number of nitrogens with one attached hydrogen (secondary N) is 1. The molecule has 0 aromatic heterocycles. The maximum absolute atomic E-state index is 5.37. The first-order valence-corrected chi connectivity index (χ1v) is 7.49. The molecule has 0 spiro atoms. The summed E-state index contributed by atoms with van der Waals surface area (Å²) in [7, 11) is 1.80. The van der Waals surface area contributed by atoms with E-state index in [4.69, 9.17) is 4.74 Å². The van der Waals surface area contributed by atoms with Crippen LogP contribution in [0.3, 0.4) is 0 Å². The third-order valence-corrected chi connectivity index (χ3v) is 4.76. The fourth-order valence-electron chi connectivity index (χ4n) is 3.22. The Kier molecular flexibility index (Phi) is 6.09. The van der Waals surface area contributed by atoms with Crippen LogP contribution >= 0.6 is 0 Å². The van der Waals surface area contributed by atoms with Crippen molar-refractivity contribution < 1.29 is 4.74 Å². The lowest BCUT2D eigenvalue weighted by Gasteiger charge is -2.53. The number of methoxy groups -OCH3 is 1. The molecule has 1 aliphatic rings. The van der Waals surface area contributed by atoms with Crippen LogP contribution in [0.15, 0.2) is 0 Å². The van der Waals surface area contributed by atoms with Crippen LogP contribution in [0.4, 0.5) is 0 Å². The van der Waals surface area contributed by atoms with Gasteiger partial charge in [0.05, 0.1) is 6.61 Å². The topological polar surface area (TPSA) is 24.5 Å². The Bertz CT molecular complexity index is 239. The molecule has 0 radical (unpaired) electrons. The predicted molar refractivity (Wildman–Crippen MR) is 78.0 cm³/mol. The van der Waals surface area contributed by atoms with E-state index in [1.165, 1.54) is 12.8 Å². The molecule has 1 fully saturated rings. The van der Waals surface area contributed by atoms with Crippen LogP contribution in [-0.2, 0) is 4.74 Å². The minimum atomic E-state index is 0.309. The summed E-state index contributed by atoms with van der Waals surface area (Å²) in [4.78, 5) is 2.69. The van der Waals surface area contributed by atoms with E-state index in [-0.39, 0.29) is 0 Å². The highest BCUT2D eigenvalue weighted by molar-refractivity contribution is 4.99. The fourth-order valence-corrected chi connectivity index (χ4v) is 3.22. The highest BCUT2D eigenvalue weighted by atomic mass is 16.5. The molecule has 1 heterocycles. The first-order chi connectivity index (χ1) is 8.50. The van der Waals surface area contributed by atoms with Crippen molar-refractivity contribution in [3.63, 3.8) is 0 Å². The van der Waals surface area contributed by atoms with Gasteiger partial charge in [-0.3, -0.25) is 4.90 Å². The first kappa shape index (κ1) is 15.9. The van der Waals surface area contributed by atoms with Crippen LogP contribution in [0.5, 0.6) is 0 Å².